The maximum atomic E-state index is 5.48. The van der Waals surface area contributed by atoms with E-state index in [9.17, 15) is 0 Å². The van der Waals surface area contributed by atoms with Gasteiger partial charge in [0.25, 0.3) is 0 Å². The molecular formula is C13H20BrNO. The third kappa shape index (κ3) is 3.36. The summed E-state index contributed by atoms with van der Waals surface area (Å²) in [7, 11) is 0. The zero-order chi connectivity index (χ0) is 11.4. The summed E-state index contributed by atoms with van der Waals surface area (Å²) in [6, 6.07) is 4.66. The van der Waals surface area contributed by atoms with E-state index in [1.165, 1.54) is 32.1 Å². The maximum Gasteiger partial charge on any atom is 0.169 e. The van der Waals surface area contributed by atoms with Crippen LogP contribution in [-0.2, 0) is 6.54 Å². The summed E-state index contributed by atoms with van der Waals surface area (Å²) in [5.74, 6) is 1.94. The first-order valence-electron chi connectivity index (χ1n) is 6.25. The van der Waals surface area contributed by atoms with Crippen LogP contribution in [0.2, 0.25) is 0 Å². The molecule has 1 heterocycles. The van der Waals surface area contributed by atoms with Crippen molar-refractivity contribution in [1.82, 2.24) is 5.32 Å². The van der Waals surface area contributed by atoms with Gasteiger partial charge >= 0.3 is 0 Å². The van der Waals surface area contributed by atoms with Gasteiger partial charge in [-0.05, 0) is 46.8 Å². The van der Waals surface area contributed by atoms with Crippen LogP contribution in [0.1, 0.15) is 44.8 Å². The first-order chi connectivity index (χ1) is 7.78. The lowest BCUT2D eigenvalue weighted by Crippen LogP contribution is -2.33. The average Bonchev–Trinajstić information content (AvgIpc) is 2.73. The van der Waals surface area contributed by atoms with Crippen molar-refractivity contribution in [3.05, 3.63) is 22.6 Å². The molecule has 0 spiro atoms. The van der Waals surface area contributed by atoms with Crippen molar-refractivity contribution in [3.63, 3.8) is 0 Å². The molecule has 2 unspecified atom stereocenters. The molecule has 0 amide bonds. The molecule has 0 radical (unpaired) electrons. The molecule has 0 saturated heterocycles. The molecule has 16 heavy (non-hydrogen) atoms. The number of hydrogen-bond donors (Lipinski definition) is 1. The number of nitrogens with one attached hydrogen (secondary N) is 1. The Balaban J connectivity index is 1.77. The Kier molecular flexibility index (Phi) is 4.47. The fraction of sp³-hybridized carbons (Fsp3) is 0.692. The predicted molar refractivity (Wildman–Crippen MR) is 69.3 cm³/mol. The third-order valence-corrected chi connectivity index (χ3v) is 3.98. The first-order valence-corrected chi connectivity index (χ1v) is 7.05. The number of furan rings is 1. The topological polar surface area (TPSA) is 25.2 Å². The smallest absolute Gasteiger partial charge is 0.169 e. The van der Waals surface area contributed by atoms with E-state index in [1.54, 1.807) is 0 Å². The fourth-order valence-corrected chi connectivity index (χ4v) is 2.88. The highest BCUT2D eigenvalue weighted by Gasteiger charge is 2.20. The highest BCUT2D eigenvalue weighted by Crippen LogP contribution is 2.26. The van der Waals surface area contributed by atoms with Crippen molar-refractivity contribution < 1.29 is 4.42 Å². The number of hydrogen-bond acceptors (Lipinski definition) is 2. The standard InChI is InChI=1S/C13H20BrNO/c1-2-10-4-3-5-11(8-10)15-9-12-6-7-13(14)16-12/h6-7,10-11,15H,2-5,8-9H2,1H3. The zero-order valence-corrected chi connectivity index (χ0v) is 11.4. The van der Waals surface area contributed by atoms with Gasteiger partial charge in [-0.15, -0.1) is 0 Å². The van der Waals surface area contributed by atoms with Crippen LogP contribution in [0.5, 0.6) is 0 Å². The Morgan fingerprint density at radius 3 is 3.00 bits per heavy atom. The molecule has 1 aromatic heterocycles. The molecule has 2 rings (SSSR count). The maximum absolute atomic E-state index is 5.48. The highest BCUT2D eigenvalue weighted by molar-refractivity contribution is 9.10. The highest BCUT2D eigenvalue weighted by atomic mass is 79.9. The van der Waals surface area contributed by atoms with Gasteiger partial charge in [0.1, 0.15) is 5.76 Å². The van der Waals surface area contributed by atoms with E-state index in [0.29, 0.717) is 6.04 Å². The van der Waals surface area contributed by atoms with Crippen LogP contribution in [-0.4, -0.2) is 6.04 Å². The lowest BCUT2D eigenvalue weighted by atomic mass is 9.84. The molecule has 90 valence electrons. The molecule has 1 aromatic rings. The van der Waals surface area contributed by atoms with E-state index in [2.05, 4.69) is 28.2 Å². The molecular weight excluding hydrogens is 266 g/mol. The number of halogens is 1. The molecule has 1 aliphatic rings. The van der Waals surface area contributed by atoms with E-state index < -0.39 is 0 Å². The molecule has 1 saturated carbocycles. The Hall–Kier alpha value is -0.280. The lowest BCUT2D eigenvalue weighted by Gasteiger charge is -2.28. The van der Waals surface area contributed by atoms with Gasteiger partial charge in [-0.25, -0.2) is 0 Å². The Bertz CT molecular complexity index is 323. The van der Waals surface area contributed by atoms with Crippen LogP contribution in [0.4, 0.5) is 0 Å². The summed E-state index contributed by atoms with van der Waals surface area (Å²) in [5, 5.41) is 3.60. The zero-order valence-electron chi connectivity index (χ0n) is 9.84. The van der Waals surface area contributed by atoms with Crippen molar-refractivity contribution in [1.29, 1.82) is 0 Å². The molecule has 0 bridgehead atoms. The van der Waals surface area contributed by atoms with Crippen molar-refractivity contribution in [2.45, 2.75) is 51.6 Å². The van der Waals surface area contributed by atoms with Gasteiger partial charge in [-0.3, -0.25) is 0 Å². The van der Waals surface area contributed by atoms with Gasteiger partial charge in [0.15, 0.2) is 4.67 Å². The summed E-state index contributed by atoms with van der Waals surface area (Å²) in [5.41, 5.74) is 0. The van der Waals surface area contributed by atoms with Crippen molar-refractivity contribution in [2.24, 2.45) is 5.92 Å². The van der Waals surface area contributed by atoms with Gasteiger partial charge in [0, 0.05) is 6.04 Å². The third-order valence-electron chi connectivity index (χ3n) is 3.55. The minimum absolute atomic E-state index is 0.683. The molecule has 2 atom stereocenters. The van der Waals surface area contributed by atoms with Gasteiger partial charge < -0.3 is 9.73 Å². The van der Waals surface area contributed by atoms with Crippen molar-refractivity contribution in [3.8, 4) is 0 Å². The van der Waals surface area contributed by atoms with E-state index in [-0.39, 0.29) is 0 Å². The SMILES string of the molecule is CCC1CCCC(NCc2ccc(Br)o2)C1. The predicted octanol–water partition coefficient (Wildman–Crippen LogP) is 4.10. The van der Waals surface area contributed by atoms with E-state index in [0.717, 1.165) is 22.9 Å². The molecule has 1 fully saturated rings. The van der Waals surface area contributed by atoms with Crippen LogP contribution in [0, 0.1) is 5.92 Å². The van der Waals surface area contributed by atoms with Gasteiger partial charge in [-0.2, -0.15) is 0 Å². The minimum Gasteiger partial charge on any atom is -0.453 e. The second-order valence-corrected chi connectivity index (χ2v) is 5.51. The largest absolute Gasteiger partial charge is 0.453 e. The second-order valence-electron chi connectivity index (χ2n) is 4.72. The number of rotatable bonds is 4. The molecule has 0 aromatic carbocycles. The molecule has 1 N–H and O–H groups in total. The van der Waals surface area contributed by atoms with E-state index in [1.807, 2.05) is 12.1 Å². The van der Waals surface area contributed by atoms with Crippen LogP contribution in [0.15, 0.2) is 21.2 Å². The monoisotopic (exact) mass is 285 g/mol. The van der Waals surface area contributed by atoms with Gasteiger partial charge in [0.2, 0.25) is 0 Å². The molecule has 3 heteroatoms. The second kappa shape index (κ2) is 5.87. The van der Waals surface area contributed by atoms with Gasteiger partial charge in [0.05, 0.1) is 6.54 Å². The Labute approximate surface area is 106 Å². The normalized spacial score (nSPS) is 25.9. The summed E-state index contributed by atoms with van der Waals surface area (Å²) in [4.78, 5) is 0. The van der Waals surface area contributed by atoms with Crippen molar-refractivity contribution >= 4 is 15.9 Å². The summed E-state index contributed by atoms with van der Waals surface area (Å²) in [6.45, 7) is 3.16. The Morgan fingerprint density at radius 1 is 1.44 bits per heavy atom. The molecule has 0 aliphatic heterocycles. The van der Waals surface area contributed by atoms with Crippen molar-refractivity contribution in [2.75, 3.05) is 0 Å². The molecule has 1 aliphatic carbocycles. The summed E-state index contributed by atoms with van der Waals surface area (Å²) in [6.07, 6.45) is 6.76. The van der Waals surface area contributed by atoms with E-state index in [4.69, 9.17) is 4.42 Å². The molecule has 2 nitrogen and oxygen atoms in total. The van der Waals surface area contributed by atoms with Crippen LogP contribution < -0.4 is 5.32 Å². The fourth-order valence-electron chi connectivity index (χ4n) is 2.54. The Morgan fingerprint density at radius 2 is 2.31 bits per heavy atom. The van der Waals surface area contributed by atoms with Crippen LogP contribution >= 0.6 is 15.9 Å². The van der Waals surface area contributed by atoms with E-state index >= 15 is 0 Å². The minimum atomic E-state index is 0.683. The average molecular weight is 286 g/mol. The van der Waals surface area contributed by atoms with Crippen LogP contribution in [0.3, 0.4) is 0 Å². The first kappa shape index (κ1) is 12.2. The summed E-state index contributed by atoms with van der Waals surface area (Å²) < 4.78 is 6.30. The summed E-state index contributed by atoms with van der Waals surface area (Å²) >= 11 is 3.32. The quantitative estimate of drug-likeness (QED) is 0.901. The van der Waals surface area contributed by atoms with Crippen LogP contribution in [0.25, 0.3) is 0 Å². The lowest BCUT2D eigenvalue weighted by molar-refractivity contribution is 0.273. The van der Waals surface area contributed by atoms with Gasteiger partial charge in [-0.1, -0.05) is 26.2 Å².